The molecule has 0 aliphatic heterocycles. The molecule has 2 rings (SSSR count). The van der Waals surface area contributed by atoms with E-state index in [1.807, 2.05) is 0 Å². The summed E-state index contributed by atoms with van der Waals surface area (Å²) in [6.07, 6.45) is 2.87. The molecule has 1 aliphatic rings. The van der Waals surface area contributed by atoms with Crippen molar-refractivity contribution in [2.24, 2.45) is 5.92 Å². The minimum Gasteiger partial charge on any atom is -0.466 e. The van der Waals surface area contributed by atoms with Crippen molar-refractivity contribution in [1.29, 1.82) is 0 Å². The van der Waals surface area contributed by atoms with Gasteiger partial charge < -0.3 is 4.74 Å². The van der Waals surface area contributed by atoms with Crippen LogP contribution in [0, 0.1) is 5.92 Å². The van der Waals surface area contributed by atoms with Gasteiger partial charge in [0.15, 0.2) is 0 Å². The van der Waals surface area contributed by atoms with Gasteiger partial charge in [0.2, 0.25) is 0 Å². The van der Waals surface area contributed by atoms with Gasteiger partial charge in [-0.3, -0.25) is 9.78 Å². The summed E-state index contributed by atoms with van der Waals surface area (Å²) in [5.41, 5.74) is 0.577. The molecule has 1 heterocycles. The lowest BCUT2D eigenvalue weighted by Gasteiger charge is -2.28. The average molecular weight is 297 g/mol. The second-order valence-corrected chi connectivity index (χ2v) is 5.51. The van der Waals surface area contributed by atoms with E-state index in [2.05, 4.69) is 4.98 Å². The summed E-state index contributed by atoms with van der Waals surface area (Å²) >= 11 is 0. The van der Waals surface area contributed by atoms with Crippen molar-refractivity contribution in [3.8, 4) is 0 Å². The summed E-state index contributed by atoms with van der Waals surface area (Å²) < 4.78 is 31.0. The van der Waals surface area contributed by atoms with Crippen LogP contribution >= 0.6 is 0 Å². The Kier molecular flexibility index (Phi) is 5.65. The minimum absolute atomic E-state index is 0.0475. The molecule has 1 aliphatic carbocycles. The number of carbonyl (C=O) groups is 1. The maximum atomic E-state index is 13.0. The van der Waals surface area contributed by atoms with Crippen LogP contribution < -0.4 is 0 Å². The van der Waals surface area contributed by atoms with Crippen molar-refractivity contribution in [2.45, 2.75) is 51.4 Å². The van der Waals surface area contributed by atoms with Gasteiger partial charge in [-0.25, -0.2) is 8.78 Å². The molecule has 116 valence electrons. The first-order chi connectivity index (χ1) is 10.1. The van der Waals surface area contributed by atoms with Crippen molar-refractivity contribution in [3.05, 3.63) is 29.6 Å². The summed E-state index contributed by atoms with van der Waals surface area (Å²) in [5, 5.41) is 0. The standard InChI is InChI=1S/C16H21F2NO2/c1-2-21-14(20)10-11-5-7-12(8-6-11)15-13(16(17)18)4-3-9-19-15/h3-4,9,11-12,16H,2,5-8,10H2,1H3. The molecule has 1 fully saturated rings. The third-order valence-corrected chi connectivity index (χ3v) is 4.10. The summed E-state index contributed by atoms with van der Waals surface area (Å²) in [6, 6.07) is 3.01. The summed E-state index contributed by atoms with van der Waals surface area (Å²) in [6.45, 7) is 2.20. The highest BCUT2D eigenvalue weighted by Gasteiger charge is 2.28. The Morgan fingerprint density at radius 3 is 2.71 bits per heavy atom. The average Bonchev–Trinajstić information content (AvgIpc) is 2.48. The van der Waals surface area contributed by atoms with E-state index in [0.717, 1.165) is 25.7 Å². The molecule has 0 radical (unpaired) electrons. The number of rotatable bonds is 5. The number of nitrogens with zero attached hydrogens (tertiary/aromatic N) is 1. The van der Waals surface area contributed by atoms with Crippen LogP contribution in [0.25, 0.3) is 0 Å². The molecule has 0 amide bonds. The monoisotopic (exact) mass is 297 g/mol. The molecule has 1 aromatic rings. The SMILES string of the molecule is CCOC(=O)CC1CCC(c2ncccc2C(F)F)CC1. The number of halogens is 2. The van der Waals surface area contributed by atoms with Crippen LogP contribution in [0.2, 0.25) is 0 Å². The zero-order valence-corrected chi connectivity index (χ0v) is 12.2. The number of esters is 1. The van der Waals surface area contributed by atoms with E-state index < -0.39 is 6.43 Å². The van der Waals surface area contributed by atoms with E-state index in [0.29, 0.717) is 24.6 Å². The zero-order chi connectivity index (χ0) is 15.2. The van der Waals surface area contributed by atoms with Crippen molar-refractivity contribution in [1.82, 2.24) is 4.98 Å². The van der Waals surface area contributed by atoms with Gasteiger partial charge >= 0.3 is 5.97 Å². The highest BCUT2D eigenvalue weighted by molar-refractivity contribution is 5.69. The molecule has 0 unspecified atom stereocenters. The van der Waals surface area contributed by atoms with Gasteiger partial charge in [0.25, 0.3) is 6.43 Å². The van der Waals surface area contributed by atoms with Crippen LogP contribution in [0.5, 0.6) is 0 Å². The largest absolute Gasteiger partial charge is 0.466 e. The number of carbonyl (C=O) groups excluding carboxylic acids is 1. The lowest BCUT2D eigenvalue weighted by Crippen LogP contribution is -2.19. The summed E-state index contributed by atoms with van der Waals surface area (Å²) in [7, 11) is 0. The highest BCUT2D eigenvalue weighted by Crippen LogP contribution is 2.39. The quantitative estimate of drug-likeness (QED) is 0.763. The maximum absolute atomic E-state index is 13.0. The van der Waals surface area contributed by atoms with Crippen LogP contribution in [0.3, 0.4) is 0 Å². The van der Waals surface area contributed by atoms with Crippen LogP contribution in [-0.4, -0.2) is 17.6 Å². The summed E-state index contributed by atoms with van der Waals surface area (Å²) in [5.74, 6) is 0.222. The van der Waals surface area contributed by atoms with Crippen LogP contribution in [0.1, 0.15) is 62.6 Å². The molecule has 1 saturated carbocycles. The topological polar surface area (TPSA) is 39.2 Å². The van der Waals surface area contributed by atoms with E-state index >= 15 is 0 Å². The van der Waals surface area contributed by atoms with Crippen molar-refractivity contribution in [3.63, 3.8) is 0 Å². The second-order valence-electron chi connectivity index (χ2n) is 5.51. The van der Waals surface area contributed by atoms with E-state index in [1.165, 1.54) is 6.07 Å². The van der Waals surface area contributed by atoms with E-state index in [9.17, 15) is 13.6 Å². The Labute approximate surface area is 123 Å². The van der Waals surface area contributed by atoms with Crippen LogP contribution in [-0.2, 0) is 9.53 Å². The summed E-state index contributed by atoms with van der Waals surface area (Å²) in [4.78, 5) is 15.6. The van der Waals surface area contributed by atoms with Crippen molar-refractivity contribution in [2.75, 3.05) is 6.61 Å². The first-order valence-electron chi connectivity index (χ1n) is 7.50. The van der Waals surface area contributed by atoms with Crippen LogP contribution in [0.15, 0.2) is 18.3 Å². The first-order valence-corrected chi connectivity index (χ1v) is 7.50. The molecule has 0 bridgehead atoms. The van der Waals surface area contributed by atoms with E-state index in [1.54, 1.807) is 19.2 Å². The highest BCUT2D eigenvalue weighted by atomic mass is 19.3. The third-order valence-electron chi connectivity index (χ3n) is 4.10. The molecule has 0 spiro atoms. The Morgan fingerprint density at radius 2 is 2.10 bits per heavy atom. The molecule has 0 saturated heterocycles. The number of alkyl halides is 2. The van der Waals surface area contributed by atoms with Crippen molar-refractivity contribution >= 4 is 5.97 Å². The molecule has 0 N–H and O–H groups in total. The molecule has 5 heteroatoms. The number of aromatic nitrogens is 1. The fourth-order valence-corrected chi connectivity index (χ4v) is 3.05. The molecular weight excluding hydrogens is 276 g/mol. The smallest absolute Gasteiger partial charge is 0.306 e. The molecule has 21 heavy (non-hydrogen) atoms. The first kappa shape index (κ1) is 15.9. The molecule has 3 nitrogen and oxygen atoms in total. The van der Waals surface area contributed by atoms with Gasteiger partial charge in [0.1, 0.15) is 0 Å². The van der Waals surface area contributed by atoms with Gasteiger partial charge in [0.05, 0.1) is 12.3 Å². The lowest BCUT2D eigenvalue weighted by atomic mass is 9.78. The lowest BCUT2D eigenvalue weighted by molar-refractivity contribution is -0.144. The van der Waals surface area contributed by atoms with E-state index in [-0.39, 0.29) is 17.5 Å². The fourth-order valence-electron chi connectivity index (χ4n) is 3.05. The van der Waals surface area contributed by atoms with Gasteiger partial charge in [-0.2, -0.15) is 0 Å². The fraction of sp³-hybridized carbons (Fsp3) is 0.625. The second kappa shape index (κ2) is 7.48. The molecule has 0 aromatic carbocycles. The Morgan fingerprint density at radius 1 is 1.38 bits per heavy atom. The molecule has 1 aromatic heterocycles. The van der Waals surface area contributed by atoms with Gasteiger partial charge in [-0.05, 0) is 50.7 Å². The predicted octanol–water partition coefficient (Wildman–Crippen LogP) is 4.25. The number of pyridine rings is 1. The predicted molar refractivity (Wildman–Crippen MR) is 75.1 cm³/mol. The molecule has 0 atom stereocenters. The Bertz CT molecular complexity index is 471. The minimum atomic E-state index is -2.48. The van der Waals surface area contributed by atoms with Crippen LogP contribution in [0.4, 0.5) is 8.78 Å². The Balaban J connectivity index is 1.94. The zero-order valence-electron chi connectivity index (χ0n) is 12.2. The van der Waals surface area contributed by atoms with Gasteiger partial charge in [0, 0.05) is 24.1 Å². The number of hydrogen-bond donors (Lipinski definition) is 0. The van der Waals surface area contributed by atoms with E-state index in [4.69, 9.17) is 4.74 Å². The van der Waals surface area contributed by atoms with Crippen molar-refractivity contribution < 1.29 is 18.3 Å². The number of hydrogen-bond acceptors (Lipinski definition) is 3. The molecular formula is C16H21F2NO2. The maximum Gasteiger partial charge on any atom is 0.306 e. The third kappa shape index (κ3) is 4.22. The Hall–Kier alpha value is -1.52. The number of ether oxygens (including phenoxy) is 1. The normalized spacial score (nSPS) is 22.3. The van der Waals surface area contributed by atoms with Gasteiger partial charge in [-0.1, -0.05) is 0 Å². The van der Waals surface area contributed by atoms with Gasteiger partial charge in [-0.15, -0.1) is 0 Å².